The van der Waals surface area contributed by atoms with Crippen LogP contribution in [0.1, 0.15) is 17.0 Å². The Balaban J connectivity index is 1.86. The third kappa shape index (κ3) is 2.49. The average Bonchev–Trinajstić information content (AvgIpc) is 2.89. The molecule has 2 aromatic carbocycles. The van der Waals surface area contributed by atoms with Crippen LogP contribution in [-0.4, -0.2) is 19.8 Å². The van der Waals surface area contributed by atoms with Crippen molar-refractivity contribution in [1.29, 1.82) is 0 Å². The number of alkyl halides is 3. The second-order valence-corrected chi connectivity index (χ2v) is 13.2. The van der Waals surface area contributed by atoms with E-state index in [9.17, 15) is 13.2 Å². The fraction of sp³-hybridized carbons (Fsp3) is 0.158. The maximum atomic E-state index is 13.1. The molecule has 2 atom stereocenters. The van der Waals surface area contributed by atoms with E-state index < -0.39 is 31.5 Å². The van der Waals surface area contributed by atoms with E-state index in [4.69, 9.17) is 0 Å². The molecule has 2 aliphatic rings. The molecule has 23 heavy (non-hydrogen) atoms. The van der Waals surface area contributed by atoms with Gasteiger partial charge in [0.15, 0.2) is 0 Å². The normalized spacial score (nSPS) is 22.2. The van der Waals surface area contributed by atoms with E-state index in [0.29, 0.717) is 3.93 Å². The summed E-state index contributed by atoms with van der Waals surface area (Å²) in [6.07, 6.45) is -0.309. The maximum absolute atomic E-state index is 13.1. The second kappa shape index (κ2) is 5.45. The van der Waals surface area contributed by atoms with Crippen LogP contribution in [0.4, 0.5) is 13.2 Å². The summed E-state index contributed by atoms with van der Waals surface area (Å²) < 4.78 is 41.7. The van der Waals surface area contributed by atoms with Gasteiger partial charge in [0.25, 0.3) is 0 Å². The van der Waals surface area contributed by atoms with Gasteiger partial charge in [-0.1, -0.05) is 0 Å². The Labute approximate surface area is 139 Å². The molecule has 2 unspecified atom stereocenters. The predicted molar refractivity (Wildman–Crippen MR) is 86.3 cm³/mol. The minimum absolute atomic E-state index is 0.153. The summed E-state index contributed by atoms with van der Waals surface area (Å²) >= 11 is -2.47. The van der Waals surface area contributed by atoms with Gasteiger partial charge in [-0.15, -0.1) is 0 Å². The summed E-state index contributed by atoms with van der Waals surface area (Å²) in [4.78, 5) is 0. The Hall–Kier alpha value is -1.67. The molecule has 1 aliphatic carbocycles. The molecule has 4 rings (SSSR count). The van der Waals surface area contributed by atoms with Gasteiger partial charge >= 0.3 is 140 Å². The number of rotatable bonds is 1. The summed E-state index contributed by atoms with van der Waals surface area (Å²) in [5.74, 6) is 6.45. The Kier molecular flexibility index (Phi) is 3.53. The van der Waals surface area contributed by atoms with Crippen LogP contribution in [-0.2, 0) is 6.18 Å². The first-order chi connectivity index (χ1) is 11.1. The topological polar surface area (TPSA) is 0 Å². The van der Waals surface area contributed by atoms with Crippen molar-refractivity contribution in [1.82, 2.24) is 0 Å². The van der Waals surface area contributed by atoms with Gasteiger partial charge in [0.1, 0.15) is 0 Å². The summed E-state index contributed by atoms with van der Waals surface area (Å²) in [5, 5.41) is 0. The molecule has 4 heteroatoms. The van der Waals surface area contributed by atoms with Crippen molar-refractivity contribution in [2.45, 2.75) is 16.0 Å². The molecule has 1 radical (unpaired) electrons. The third-order valence-corrected chi connectivity index (χ3v) is 13.4. The van der Waals surface area contributed by atoms with Crippen LogP contribution in [0.15, 0.2) is 60.7 Å². The predicted octanol–water partition coefficient (Wildman–Crippen LogP) is 3.36. The van der Waals surface area contributed by atoms with Gasteiger partial charge in [0, 0.05) is 0 Å². The van der Waals surface area contributed by atoms with Gasteiger partial charge in [0.05, 0.1) is 0 Å². The Morgan fingerprint density at radius 2 is 1.83 bits per heavy atom. The number of hydrogen-bond donors (Lipinski definition) is 0. The van der Waals surface area contributed by atoms with Crippen LogP contribution in [0.3, 0.4) is 0 Å². The Morgan fingerprint density at radius 3 is 2.65 bits per heavy atom. The van der Waals surface area contributed by atoms with Gasteiger partial charge in [-0.3, -0.25) is 0 Å². The van der Waals surface area contributed by atoms with Gasteiger partial charge in [-0.25, -0.2) is 0 Å². The molecular formula is C19H12F3Sn. The van der Waals surface area contributed by atoms with Crippen LogP contribution < -0.4 is 7.16 Å². The van der Waals surface area contributed by atoms with Crippen molar-refractivity contribution in [3.63, 3.8) is 0 Å². The molecule has 0 bridgehead atoms. The first-order valence-corrected chi connectivity index (χ1v) is 11.9. The van der Waals surface area contributed by atoms with E-state index >= 15 is 0 Å². The number of allylic oxidation sites excluding steroid dienone is 2. The molecule has 0 saturated carbocycles. The zero-order valence-electron chi connectivity index (χ0n) is 12.1. The summed E-state index contributed by atoms with van der Waals surface area (Å²) in [5.41, 5.74) is 0.677. The molecule has 0 aromatic heterocycles. The first kappa shape index (κ1) is 14.9. The van der Waals surface area contributed by atoms with Crippen molar-refractivity contribution < 1.29 is 13.2 Å². The van der Waals surface area contributed by atoms with Crippen LogP contribution in [0.5, 0.6) is 0 Å². The standard InChI is InChI=1S/C12H8.C7H4F3.Sn/c1-3-7-11(8-4-1)12-9-5-2-6-10-12;8-7(9,10)6-4-2-1-3-5-6;/h1-5,7,9,12H;1-2,4-5H;. The zero-order chi connectivity index (χ0) is 16.0. The number of hydrogen-bond acceptors (Lipinski definition) is 0. The summed E-state index contributed by atoms with van der Waals surface area (Å²) in [6.45, 7) is 0. The molecule has 0 amide bonds. The molecule has 0 fully saturated rings. The van der Waals surface area contributed by atoms with E-state index in [1.165, 1.54) is 15.2 Å². The van der Waals surface area contributed by atoms with Crippen molar-refractivity contribution in [3.8, 4) is 11.8 Å². The average molecular weight is 416 g/mol. The molecule has 0 saturated heterocycles. The molecule has 113 valence electrons. The van der Waals surface area contributed by atoms with Crippen molar-refractivity contribution in [3.05, 3.63) is 71.8 Å². The number of fused-ring (bicyclic) bond motifs is 3. The summed E-state index contributed by atoms with van der Waals surface area (Å²) in [7, 11) is 0. The SMILES string of the molecule is FC(F)(F)c1ccc[c]([Sn]2[c]3ccccc3C3C#CC=C[CH]32)c1. The number of halogens is 3. The molecule has 1 aliphatic heterocycles. The van der Waals surface area contributed by atoms with Crippen LogP contribution in [0.25, 0.3) is 0 Å². The molecule has 0 spiro atoms. The number of benzene rings is 2. The van der Waals surface area contributed by atoms with Crippen LogP contribution in [0.2, 0.25) is 3.93 Å². The molecular weight excluding hydrogens is 404 g/mol. The Morgan fingerprint density at radius 1 is 1.00 bits per heavy atom. The van der Waals surface area contributed by atoms with Crippen LogP contribution >= 0.6 is 0 Å². The van der Waals surface area contributed by atoms with Crippen LogP contribution in [0, 0.1) is 11.8 Å². The van der Waals surface area contributed by atoms with E-state index in [2.05, 4.69) is 30.0 Å². The van der Waals surface area contributed by atoms with Gasteiger partial charge in [-0.2, -0.15) is 0 Å². The molecule has 0 N–H and O–H groups in total. The van der Waals surface area contributed by atoms with Crippen molar-refractivity contribution >= 4 is 26.9 Å². The van der Waals surface area contributed by atoms with Crippen molar-refractivity contribution in [2.75, 3.05) is 0 Å². The molecule has 0 nitrogen and oxygen atoms in total. The Bertz CT molecular complexity index is 855. The van der Waals surface area contributed by atoms with E-state index in [1.54, 1.807) is 6.07 Å². The van der Waals surface area contributed by atoms with E-state index in [1.807, 2.05) is 24.3 Å². The first-order valence-electron chi connectivity index (χ1n) is 7.37. The monoisotopic (exact) mass is 417 g/mol. The van der Waals surface area contributed by atoms with E-state index in [0.717, 1.165) is 9.65 Å². The van der Waals surface area contributed by atoms with Gasteiger partial charge in [0.2, 0.25) is 0 Å². The van der Waals surface area contributed by atoms with Crippen molar-refractivity contribution in [2.24, 2.45) is 0 Å². The minimum atomic E-state index is -4.29. The van der Waals surface area contributed by atoms with Gasteiger partial charge in [-0.05, 0) is 0 Å². The molecule has 2 aromatic rings. The summed E-state index contributed by atoms with van der Waals surface area (Å²) in [6, 6.07) is 14.1. The van der Waals surface area contributed by atoms with E-state index in [-0.39, 0.29) is 5.92 Å². The molecule has 1 heterocycles. The fourth-order valence-electron chi connectivity index (χ4n) is 3.43. The second-order valence-electron chi connectivity index (χ2n) is 5.73. The quantitative estimate of drug-likeness (QED) is 0.495. The van der Waals surface area contributed by atoms with Gasteiger partial charge < -0.3 is 0 Å². The zero-order valence-corrected chi connectivity index (χ0v) is 14.9. The fourth-order valence-corrected chi connectivity index (χ4v) is 13.0. The third-order valence-electron chi connectivity index (χ3n) is 4.41.